The Balaban J connectivity index is 1.85. The molecule has 0 fully saturated rings. The summed E-state index contributed by atoms with van der Waals surface area (Å²) >= 11 is 0. The van der Waals surface area contributed by atoms with Crippen LogP contribution in [-0.4, -0.2) is 34.4 Å². The van der Waals surface area contributed by atoms with Gasteiger partial charge in [-0.1, -0.05) is 12.1 Å². The minimum Gasteiger partial charge on any atom is -0.507 e. The molecule has 6 aromatic rings. The number of phenols is 2. The Morgan fingerprint density at radius 2 is 1.06 bits per heavy atom. The molecule has 4 aromatic carbocycles. The van der Waals surface area contributed by atoms with E-state index in [4.69, 9.17) is 9.47 Å². The van der Waals surface area contributed by atoms with Gasteiger partial charge in [-0.2, -0.15) is 0 Å². The van der Waals surface area contributed by atoms with Crippen LogP contribution < -0.4 is 9.47 Å². The Morgan fingerprint density at radius 3 is 1.44 bits per heavy atom. The molecule has 170 valence electrons. The summed E-state index contributed by atoms with van der Waals surface area (Å²) in [7, 11) is 3.30. The maximum atomic E-state index is 11.4. The summed E-state index contributed by atoms with van der Waals surface area (Å²) in [6.07, 6.45) is 0. The van der Waals surface area contributed by atoms with E-state index < -0.39 is 0 Å². The van der Waals surface area contributed by atoms with Crippen molar-refractivity contribution < 1.29 is 19.7 Å². The maximum absolute atomic E-state index is 11.4. The first-order chi connectivity index (χ1) is 16.4. The molecule has 2 heterocycles. The van der Waals surface area contributed by atoms with E-state index >= 15 is 0 Å². The summed E-state index contributed by atoms with van der Waals surface area (Å²) in [5, 5.41) is 26.4. The molecule has 0 bridgehead atoms. The van der Waals surface area contributed by atoms with Gasteiger partial charge in [0.25, 0.3) is 0 Å². The summed E-state index contributed by atoms with van der Waals surface area (Å²) in [4.78, 5) is 6.93. The Kier molecular flexibility index (Phi) is 4.23. The molecule has 0 aliphatic carbocycles. The van der Waals surface area contributed by atoms with E-state index in [0.29, 0.717) is 22.3 Å². The van der Waals surface area contributed by atoms with Gasteiger partial charge in [-0.15, -0.1) is 0 Å². The van der Waals surface area contributed by atoms with Crippen molar-refractivity contribution in [3.8, 4) is 34.1 Å². The van der Waals surface area contributed by atoms with Gasteiger partial charge in [-0.3, -0.25) is 0 Å². The highest BCUT2D eigenvalue weighted by Gasteiger charge is 2.25. The van der Waals surface area contributed by atoms with Crippen LogP contribution in [0.25, 0.3) is 54.7 Å². The highest BCUT2D eigenvalue weighted by Crippen LogP contribution is 2.50. The third-order valence-electron chi connectivity index (χ3n) is 6.78. The molecule has 0 saturated heterocycles. The van der Waals surface area contributed by atoms with Crippen LogP contribution in [0.5, 0.6) is 23.0 Å². The summed E-state index contributed by atoms with van der Waals surface area (Å²) in [6, 6.07) is 15.6. The molecule has 0 radical (unpaired) electrons. The van der Waals surface area contributed by atoms with E-state index in [-0.39, 0.29) is 11.5 Å². The number of ether oxygens (including phenoxy) is 2. The number of fused-ring (bicyclic) bond motifs is 6. The van der Waals surface area contributed by atoms with Gasteiger partial charge in [0, 0.05) is 21.5 Å². The number of H-pyrrole nitrogens is 2. The highest BCUT2D eigenvalue weighted by molar-refractivity contribution is 6.21. The minimum absolute atomic E-state index is 0.117. The molecule has 6 heteroatoms. The second-order valence-corrected chi connectivity index (χ2v) is 8.69. The number of aromatic hydroxyl groups is 2. The van der Waals surface area contributed by atoms with E-state index in [9.17, 15) is 10.2 Å². The van der Waals surface area contributed by atoms with Crippen molar-refractivity contribution in [3.63, 3.8) is 0 Å². The molecule has 0 spiro atoms. The second-order valence-electron chi connectivity index (χ2n) is 8.69. The smallest absolute Gasteiger partial charge is 0.128 e. The molecule has 0 saturated carbocycles. The number of hydrogen-bond acceptors (Lipinski definition) is 4. The number of aromatic amines is 2. The normalized spacial score (nSPS) is 11.8. The second kappa shape index (κ2) is 7.09. The molecule has 2 aromatic heterocycles. The molecule has 0 amide bonds. The van der Waals surface area contributed by atoms with Gasteiger partial charge < -0.3 is 29.7 Å². The Bertz CT molecular complexity index is 1640. The largest absolute Gasteiger partial charge is 0.507 e. The van der Waals surface area contributed by atoms with Crippen molar-refractivity contribution in [2.75, 3.05) is 14.2 Å². The van der Waals surface area contributed by atoms with Gasteiger partial charge in [0.05, 0.1) is 47.4 Å². The Hall–Kier alpha value is -4.32. The molecular formula is C28H24N2O4. The van der Waals surface area contributed by atoms with E-state index in [1.54, 1.807) is 14.2 Å². The number of nitrogens with one attached hydrogen (secondary N) is 2. The van der Waals surface area contributed by atoms with Crippen LogP contribution in [0.15, 0.2) is 48.5 Å². The molecule has 0 unspecified atom stereocenters. The first-order valence-corrected chi connectivity index (χ1v) is 11.1. The van der Waals surface area contributed by atoms with Gasteiger partial charge in [0.2, 0.25) is 0 Å². The number of benzene rings is 4. The molecule has 0 atom stereocenters. The predicted molar refractivity (Wildman–Crippen MR) is 137 cm³/mol. The minimum atomic E-state index is 0.117. The van der Waals surface area contributed by atoms with Crippen molar-refractivity contribution in [1.29, 1.82) is 0 Å². The summed E-state index contributed by atoms with van der Waals surface area (Å²) in [5.41, 5.74) is 5.75. The van der Waals surface area contributed by atoms with Crippen LogP contribution in [0, 0.1) is 13.8 Å². The molecule has 6 nitrogen and oxygen atoms in total. The zero-order valence-electron chi connectivity index (χ0n) is 19.3. The van der Waals surface area contributed by atoms with Crippen molar-refractivity contribution in [2.24, 2.45) is 0 Å². The third-order valence-corrected chi connectivity index (χ3v) is 6.78. The fourth-order valence-electron chi connectivity index (χ4n) is 5.19. The lowest BCUT2D eigenvalue weighted by Crippen LogP contribution is -1.90. The Morgan fingerprint density at radius 1 is 0.647 bits per heavy atom. The van der Waals surface area contributed by atoms with Gasteiger partial charge in [-0.05, 0) is 61.4 Å². The van der Waals surface area contributed by atoms with Crippen molar-refractivity contribution >= 4 is 43.6 Å². The summed E-state index contributed by atoms with van der Waals surface area (Å²) in [6.45, 7) is 3.73. The summed E-state index contributed by atoms with van der Waals surface area (Å²) < 4.78 is 11.3. The van der Waals surface area contributed by atoms with Gasteiger partial charge in [0.15, 0.2) is 0 Å². The van der Waals surface area contributed by atoms with E-state index in [1.807, 2.05) is 62.4 Å². The first kappa shape index (κ1) is 20.3. The standard InChI is InChI=1S/C28H24N2O4/c1-13-11-15-21-17(7-5-9-19(21)33-3)29-25(15)23(27(13)31)24-26-16(12-14(2)28(24)32)22-18(30-26)8-6-10-20(22)34-4/h5-12,29-32H,1-4H3. The van der Waals surface area contributed by atoms with Crippen LogP contribution in [0.2, 0.25) is 0 Å². The van der Waals surface area contributed by atoms with Crippen LogP contribution in [0.3, 0.4) is 0 Å². The van der Waals surface area contributed by atoms with Crippen molar-refractivity contribution in [2.45, 2.75) is 13.8 Å². The molecule has 6 rings (SSSR count). The molecule has 4 N–H and O–H groups in total. The van der Waals surface area contributed by atoms with E-state index in [1.165, 1.54) is 0 Å². The number of rotatable bonds is 3. The van der Waals surface area contributed by atoms with Crippen molar-refractivity contribution in [3.05, 3.63) is 59.7 Å². The molecule has 0 aliphatic heterocycles. The lowest BCUT2D eigenvalue weighted by atomic mass is 9.93. The topological polar surface area (TPSA) is 90.5 Å². The number of aromatic nitrogens is 2. The fourth-order valence-corrected chi connectivity index (χ4v) is 5.19. The van der Waals surface area contributed by atoms with Crippen LogP contribution in [0.1, 0.15) is 11.1 Å². The van der Waals surface area contributed by atoms with E-state index in [2.05, 4.69) is 9.97 Å². The zero-order valence-corrected chi connectivity index (χ0v) is 19.3. The van der Waals surface area contributed by atoms with E-state index in [0.717, 1.165) is 55.1 Å². The Labute approximate surface area is 195 Å². The quantitative estimate of drug-likeness (QED) is 0.241. The monoisotopic (exact) mass is 452 g/mol. The van der Waals surface area contributed by atoms with Crippen LogP contribution in [0.4, 0.5) is 0 Å². The molecule has 0 aliphatic rings. The number of aryl methyl sites for hydroxylation is 2. The van der Waals surface area contributed by atoms with Gasteiger partial charge >= 0.3 is 0 Å². The number of phenolic OH excluding ortho intramolecular Hbond substituents is 2. The molecular weight excluding hydrogens is 428 g/mol. The predicted octanol–water partition coefficient (Wildman–Crippen LogP) is 6.67. The fraction of sp³-hybridized carbons (Fsp3) is 0.143. The third kappa shape index (κ3) is 2.56. The zero-order chi connectivity index (χ0) is 23.7. The first-order valence-electron chi connectivity index (χ1n) is 11.1. The van der Waals surface area contributed by atoms with Crippen LogP contribution in [-0.2, 0) is 0 Å². The number of hydrogen-bond donors (Lipinski definition) is 4. The highest BCUT2D eigenvalue weighted by atomic mass is 16.5. The lowest BCUT2D eigenvalue weighted by Gasteiger charge is -2.14. The maximum Gasteiger partial charge on any atom is 0.128 e. The van der Waals surface area contributed by atoms with Crippen molar-refractivity contribution in [1.82, 2.24) is 9.97 Å². The SMILES string of the molecule is COc1cccc2[nH]c3c(-c4c(O)c(C)cc5c4[nH]c4cccc(OC)c45)c(O)c(C)cc3c12. The molecule has 34 heavy (non-hydrogen) atoms. The van der Waals surface area contributed by atoms with Crippen LogP contribution >= 0.6 is 0 Å². The summed E-state index contributed by atoms with van der Waals surface area (Å²) in [5.74, 6) is 1.72. The average molecular weight is 453 g/mol. The lowest BCUT2D eigenvalue weighted by molar-refractivity contribution is 0.420. The van der Waals surface area contributed by atoms with Gasteiger partial charge in [0.1, 0.15) is 23.0 Å². The van der Waals surface area contributed by atoms with Gasteiger partial charge in [-0.25, -0.2) is 0 Å². The number of methoxy groups -OCH3 is 2. The average Bonchev–Trinajstić information content (AvgIpc) is 3.39.